The van der Waals surface area contributed by atoms with Crippen molar-refractivity contribution in [3.05, 3.63) is 48.5 Å². The Morgan fingerprint density at radius 2 is 1.80 bits per heavy atom. The van der Waals surface area contributed by atoms with Gasteiger partial charge in [-0.05, 0) is 32.1 Å². The predicted octanol–water partition coefficient (Wildman–Crippen LogP) is 2.41. The van der Waals surface area contributed by atoms with E-state index in [4.69, 9.17) is 0 Å². The molecule has 0 amide bonds. The molecule has 102 valence electrons. The van der Waals surface area contributed by atoms with E-state index in [9.17, 15) is 0 Å². The van der Waals surface area contributed by atoms with Crippen molar-refractivity contribution in [2.24, 2.45) is 0 Å². The zero-order chi connectivity index (χ0) is 14.1. The van der Waals surface area contributed by atoms with E-state index >= 15 is 0 Å². The number of hydrogen-bond donors (Lipinski definition) is 0. The third-order valence-corrected chi connectivity index (χ3v) is 3.64. The van der Waals surface area contributed by atoms with Crippen molar-refractivity contribution >= 4 is 5.78 Å². The van der Waals surface area contributed by atoms with Gasteiger partial charge in [-0.1, -0.05) is 24.3 Å². The molecule has 20 heavy (non-hydrogen) atoms. The van der Waals surface area contributed by atoms with Gasteiger partial charge in [-0.15, -0.1) is 0 Å². The maximum Gasteiger partial charge on any atom is 0.252 e. The van der Waals surface area contributed by atoms with Crippen LogP contribution < -0.4 is 0 Å². The molecule has 0 aliphatic carbocycles. The van der Waals surface area contributed by atoms with Crippen LogP contribution in [0.2, 0.25) is 0 Å². The van der Waals surface area contributed by atoms with Gasteiger partial charge < -0.3 is 4.90 Å². The van der Waals surface area contributed by atoms with E-state index in [0.29, 0.717) is 11.8 Å². The van der Waals surface area contributed by atoms with E-state index < -0.39 is 0 Å². The van der Waals surface area contributed by atoms with Crippen molar-refractivity contribution in [2.75, 3.05) is 14.1 Å². The second kappa shape index (κ2) is 5.02. The van der Waals surface area contributed by atoms with Crippen LogP contribution in [0, 0.1) is 0 Å². The van der Waals surface area contributed by atoms with Gasteiger partial charge >= 0.3 is 0 Å². The van der Waals surface area contributed by atoms with Crippen molar-refractivity contribution in [3.63, 3.8) is 0 Å². The van der Waals surface area contributed by atoms with Crippen LogP contribution in [0.1, 0.15) is 18.5 Å². The van der Waals surface area contributed by atoms with Gasteiger partial charge in [-0.25, -0.2) is 9.50 Å². The Labute approximate surface area is 117 Å². The highest BCUT2D eigenvalue weighted by Gasteiger charge is 2.08. The maximum absolute atomic E-state index is 4.28. The van der Waals surface area contributed by atoms with E-state index in [1.807, 2.05) is 12.4 Å². The molecule has 0 N–H and O–H groups in total. The Kier molecular flexibility index (Phi) is 3.20. The molecule has 0 unspecified atom stereocenters. The minimum Gasteiger partial charge on any atom is -0.303 e. The molecule has 1 atom stereocenters. The molecule has 0 bridgehead atoms. The minimum absolute atomic E-state index is 0.403. The van der Waals surface area contributed by atoms with Crippen LogP contribution in [0.4, 0.5) is 0 Å². The summed E-state index contributed by atoms with van der Waals surface area (Å²) in [6.07, 6.45) is 5.28. The molecular weight excluding hydrogens is 250 g/mol. The third kappa shape index (κ3) is 2.28. The second-order valence-electron chi connectivity index (χ2n) is 5.11. The first-order chi connectivity index (χ1) is 9.65. The lowest BCUT2D eigenvalue weighted by atomic mass is 10.0. The standard InChI is InChI=1S/C15H17N5/c1-11(19(2)3)12-4-6-13(7-5-12)14-8-16-15-17-10-18-20(15)9-14/h4-11H,1-3H3/t11-/m0/s1. The van der Waals surface area contributed by atoms with E-state index in [1.54, 1.807) is 4.52 Å². The van der Waals surface area contributed by atoms with Crippen LogP contribution in [0.15, 0.2) is 43.0 Å². The average Bonchev–Trinajstić information content (AvgIpc) is 2.94. The Morgan fingerprint density at radius 1 is 1.05 bits per heavy atom. The minimum atomic E-state index is 0.403. The van der Waals surface area contributed by atoms with E-state index in [1.165, 1.54) is 11.9 Å². The van der Waals surface area contributed by atoms with E-state index in [-0.39, 0.29) is 0 Å². The van der Waals surface area contributed by atoms with Gasteiger partial charge in [0.25, 0.3) is 5.78 Å². The summed E-state index contributed by atoms with van der Waals surface area (Å²) in [7, 11) is 4.17. The maximum atomic E-state index is 4.28. The first-order valence-corrected chi connectivity index (χ1v) is 6.57. The molecule has 0 saturated heterocycles. The molecule has 0 fully saturated rings. The van der Waals surface area contributed by atoms with Crippen molar-refractivity contribution in [1.82, 2.24) is 24.5 Å². The zero-order valence-corrected chi connectivity index (χ0v) is 11.9. The van der Waals surface area contributed by atoms with Gasteiger partial charge in [0.1, 0.15) is 6.33 Å². The molecule has 0 radical (unpaired) electrons. The number of benzene rings is 1. The largest absolute Gasteiger partial charge is 0.303 e. The number of nitrogens with zero attached hydrogens (tertiary/aromatic N) is 5. The molecule has 0 aliphatic heterocycles. The Balaban J connectivity index is 1.94. The molecular formula is C15H17N5. The number of fused-ring (bicyclic) bond motifs is 1. The number of rotatable bonds is 3. The van der Waals surface area contributed by atoms with Crippen LogP contribution in [-0.4, -0.2) is 38.6 Å². The van der Waals surface area contributed by atoms with Crippen LogP contribution in [0.3, 0.4) is 0 Å². The fraction of sp³-hybridized carbons (Fsp3) is 0.267. The molecule has 5 heteroatoms. The van der Waals surface area contributed by atoms with Gasteiger partial charge in [-0.2, -0.15) is 10.1 Å². The lowest BCUT2D eigenvalue weighted by Gasteiger charge is -2.20. The van der Waals surface area contributed by atoms with Crippen molar-refractivity contribution in [1.29, 1.82) is 0 Å². The fourth-order valence-electron chi connectivity index (χ4n) is 2.12. The third-order valence-electron chi connectivity index (χ3n) is 3.64. The van der Waals surface area contributed by atoms with Gasteiger partial charge in [0.15, 0.2) is 0 Å². The summed E-state index contributed by atoms with van der Waals surface area (Å²) in [5.74, 6) is 0.617. The van der Waals surface area contributed by atoms with Crippen LogP contribution in [-0.2, 0) is 0 Å². The summed E-state index contributed by atoms with van der Waals surface area (Å²) in [4.78, 5) is 10.5. The quantitative estimate of drug-likeness (QED) is 0.731. The molecule has 0 spiro atoms. The molecule has 0 aliphatic rings. The summed E-state index contributed by atoms with van der Waals surface area (Å²) in [5.41, 5.74) is 3.46. The molecule has 1 aromatic carbocycles. The van der Waals surface area contributed by atoms with E-state index in [2.05, 4.69) is 65.3 Å². The normalized spacial score (nSPS) is 13.0. The van der Waals surface area contributed by atoms with Crippen molar-refractivity contribution in [3.8, 4) is 11.1 Å². The van der Waals surface area contributed by atoms with Crippen LogP contribution >= 0.6 is 0 Å². The number of hydrogen-bond acceptors (Lipinski definition) is 4. The van der Waals surface area contributed by atoms with Crippen molar-refractivity contribution < 1.29 is 0 Å². The van der Waals surface area contributed by atoms with Gasteiger partial charge in [0, 0.05) is 24.0 Å². The lowest BCUT2D eigenvalue weighted by molar-refractivity contribution is 0.321. The zero-order valence-electron chi connectivity index (χ0n) is 11.9. The van der Waals surface area contributed by atoms with Gasteiger partial charge in [0.2, 0.25) is 0 Å². The summed E-state index contributed by atoms with van der Waals surface area (Å²) < 4.78 is 1.69. The Hall–Kier alpha value is -2.27. The van der Waals surface area contributed by atoms with E-state index in [0.717, 1.165) is 11.1 Å². The molecule has 2 aromatic heterocycles. The SMILES string of the molecule is C[C@@H](c1ccc(-c2cnc3ncnn3c2)cc1)N(C)C. The number of aromatic nitrogens is 4. The Bertz CT molecular complexity index is 714. The average molecular weight is 267 g/mol. The lowest BCUT2D eigenvalue weighted by Crippen LogP contribution is -2.16. The monoisotopic (exact) mass is 267 g/mol. The highest BCUT2D eigenvalue weighted by atomic mass is 15.3. The van der Waals surface area contributed by atoms with Gasteiger partial charge in [-0.3, -0.25) is 0 Å². The Morgan fingerprint density at radius 3 is 2.50 bits per heavy atom. The molecule has 0 saturated carbocycles. The second-order valence-corrected chi connectivity index (χ2v) is 5.11. The fourth-order valence-corrected chi connectivity index (χ4v) is 2.12. The highest BCUT2D eigenvalue weighted by Crippen LogP contribution is 2.23. The van der Waals surface area contributed by atoms with Crippen molar-refractivity contribution in [2.45, 2.75) is 13.0 Å². The molecule has 3 rings (SSSR count). The van der Waals surface area contributed by atoms with Gasteiger partial charge in [0.05, 0.1) is 0 Å². The summed E-state index contributed by atoms with van der Waals surface area (Å²) in [6.45, 7) is 2.19. The summed E-state index contributed by atoms with van der Waals surface area (Å²) in [6, 6.07) is 8.96. The topological polar surface area (TPSA) is 46.3 Å². The molecule has 3 aromatic rings. The predicted molar refractivity (Wildman–Crippen MR) is 78.3 cm³/mol. The summed E-state index contributed by atoms with van der Waals surface area (Å²) >= 11 is 0. The highest BCUT2D eigenvalue weighted by molar-refractivity contribution is 5.62. The smallest absolute Gasteiger partial charge is 0.252 e. The molecule has 2 heterocycles. The van der Waals surface area contributed by atoms with Crippen LogP contribution in [0.5, 0.6) is 0 Å². The first kappa shape index (κ1) is 12.7. The summed E-state index contributed by atoms with van der Waals surface area (Å²) in [5, 5.41) is 4.11. The first-order valence-electron chi connectivity index (χ1n) is 6.57. The molecule has 5 nitrogen and oxygen atoms in total. The van der Waals surface area contributed by atoms with Crippen LogP contribution in [0.25, 0.3) is 16.9 Å².